The van der Waals surface area contributed by atoms with Crippen LogP contribution in [0.1, 0.15) is 28.8 Å². The molecule has 2 rings (SSSR count). The van der Waals surface area contributed by atoms with E-state index in [2.05, 4.69) is 5.32 Å². The van der Waals surface area contributed by atoms with Crippen molar-refractivity contribution >= 4 is 23.5 Å². The van der Waals surface area contributed by atoms with Gasteiger partial charge in [-0.3, -0.25) is 9.59 Å². The highest BCUT2D eigenvalue weighted by Gasteiger charge is 2.35. The molecule has 1 atom stereocenters. The maximum absolute atomic E-state index is 11.1. The van der Waals surface area contributed by atoms with Crippen LogP contribution in [-0.4, -0.2) is 23.0 Å². The number of benzene rings is 1. The zero-order valence-electron chi connectivity index (χ0n) is 10.2. The largest absolute Gasteiger partial charge is 0.480 e. The van der Waals surface area contributed by atoms with Crippen molar-refractivity contribution in [2.24, 2.45) is 11.7 Å². The van der Waals surface area contributed by atoms with E-state index in [1.165, 1.54) is 6.07 Å². The molecule has 1 fully saturated rings. The topological polar surface area (TPSA) is 92.4 Å². The van der Waals surface area contributed by atoms with E-state index in [1.807, 2.05) is 0 Å². The minimum absolute atomic E-state index is 0.209. The van der Waals surface area contributed by atoms with Crippen molar-refractivity contribution in [2.45, 2.75) is 25.4 Å². The Kier molecular flexibility index (Phi) is 4.07. The second-order valence-corrected chi connectivity index (χ2v) is 5.11. The van der Waals surface area contributed by atoms with Crippen molar-refractivity contribution in [3.63, 3.8) is 0 Å². The maximum atomic E-state index is 11.1. The first-order valence-electron chi connectivity index (χ1n) is 6.03. The van der Waals surface area contributed by atoms with Crippen LogP contribution in [-0.2, 0) is 11.3 Å². The van der Waals surface area contributed by atoms with Crippen molar-refractivity contribution in [1.29, 1.82) is 0 Å². The van der Waals surface area contributed by atoms with Crippen LogP contribution in [0.3, 0.4) is 0 Å². The Hall–Kier alpha value is -1.59. The summed E-state index contributed by atoms with van der Waals surface area (Å²) in [6.45, 7) is 0.353. The Bertz CT molecular complexity index is 515. The van der Waals surface area contributed by atoms with Gasteiger partial charge in [0.15, 0.2) is 0 Å². The maximum Gasteiger partial charge on any atom is 0.320 e. The molecule has 6 heteroatoms. The Labute approximate surface area is 115 Å². The van der Waals surface area contributed by atoms with Crippen molar-refractivity contribution in [1.82, 2.24) is 5.32 Å². The highest BCUT2D eigenvalue weighted by molar-refractivity contribution is 6.31. The number of primary amides is 1. The van der Waals surface area contributed by atoms with E-state index in [4.69, 9.17) is 22.4 Å². The molecule has 0 saturated heterocycles. The molecule has 4 N–H and O–H groups in total. The summed E-state index contributed by atoms with van der Waals surface area (Å²) in [5, 5.41) is 12.5. The highest BCUT2D eigenvalue weighted by Crippen LogP contribution is 2.33. The number of carboxylic acids is 1. The van der Waals surface area contributed by atoms with Gasteiger partial charge in [-0.2, -0.15) is 0 Å². The lowest BCUT2D eigenvalue weighted by atomic mass is 10.1. The van der Waals surface area contributed by atoms with Crippen molar-refractivity contribution in [3.05, 3.63) is 34.3 Å². The van der Waals surface area contributed by atoms with Gasteiger partial charge in [-0.05, 0) is 36.5 Å². The SMILES string of the molecule is NC(=O)c1ccc(CNC(C(=O)O)C2CC2)c(Cl)c1. The molecule has 1 aromatic carbocycles. The third-order valence-electron chi connectivity index (χ3n) is 3.21. The third-order valence-corrected chi connectivity index (χ3v) is 3.56. The number of halogens is 1. The Morgan fingerprint density at radius 2 is 2.16 bits per heavy atom. The average molecular weight is 283 g/mol. The predicted octanol–water partition coefficient (Wildman–Crippen LogP) is 1.39. The average Bonchev–Trinajstić information content (AvgIpc) is 3.15. The number of aliphatic carboxylic acids is 1. The van der Waals surface area contributed by atoms with Crippen LogP contribution in [0.4, 0.5) is 0 Å². The lowest BCUT2D eigenvalue weighted by molar-refractivity contribution is -0.140. The van der Waals surface area contributed by atoms with Gasteiger partial charge in [-0.15, -0.1) is 0 Å². The van der Waals surface area contributed by atoms with Gasteiger partial charge in [0, 0.05) is 17.1 Å². The number of hydrogen-bond acceptors (Lipinski definition) is 3. The lowest BCUT2D eigenvalue weighted by Crippen LogP contribution is -2.38. The number of carbonyl (C=O) groups is 2. The molecule has 1 aliphatic carbocycles. The summed E-state index contributed by atoms with van der Waals surface area (Å²) in [6.07, 6.45) is 1.89. The normalized spacial score (nSPS) is 16.1. The van der Waals surface area contributed by atoms with E-state index >= 15 is 0 Å². The quantitative estimate of drug-likeness (QED) is 0.735. The molecule has 1 unspecified atom stereocenters. The molecule has 0 heterocycles. The standard InChI is InChI=1S/C13H15ClN2O3/c14-10-5-8(12(15)17)3-4-9(10)6-16-11(13(18)19)7-1-2-7/h3-5,7,11,16H,1-2,6H2,(H2,15,17)(H,18,19). The van der Waals surface area contributed by atoms with Crippen LogP contribution in [0.5, 0.6) is 0 Å². The fourth-order valence-corrected chi connectivity index (χ4v) is 2.20. The second-order valence-electron chi connectivity index (χ2n) is 4.70. The van der Waals surface area contributed by atoms with E-state index in [1.54, 1.807) is 12.1 Å². The van der Waals surface area contributed by atoms with Gasteiger partial charge in [0.05, 0.1) is 0 Å². The van der Waals surface area contributed by atoms with E-state index < -0.39 is 17.9 Å². The first kappa shape index (κ1) is 13.8. The summed E-state index contributed by atoms with van der Waals surface area (Å²) < 4.78 is 0. The van der Waals surface area contributed by atoms with E-state index in [-0.39, 0.29) is 5.92 Å². The number of nitrogens with two attached hydrogens (primary N) is 1. The fourth-order valence-electron chi connectivity index (χ4n) is 1.95. The molecule has 102 valence electrons. The van der Waals surface area contributed by atoms with Gasteiger partial charge in [0.2, 0.25) is 5.91 Å². The lowest BCUT2D eigenvalue weighted by Gasteiger charge is -2.14. The van der Waals surface area contributed by atoms with Gasteiger partial charge in [0.25, 0.3) is 0 Å². The van der Waals surface area contributed by atoms with Gasteiger partial charge < -0.3 is 16.2 Å². The number of nitrogens with one attached hydrogen (secondary N) is 1. The van der Waals surface area contributed by atoms with Crippen LogP contribution < -0.4 is 11.1 Å². The van der Waals surface area contributed by atoms with Crippen LogP contribution in [0.25, 0.3) is 0 Å². The summed E-state index contributed by atoms with van der Waals surface area (Å²) >= 11 is 6.04. The summed E-state index contributed by atoms with van der Waals surface area (Å²) in [5.74, 6) is -1.17. The number of amides is 1. The monoisotopic (exact) mass is 282 g/mol. The van der Waals surface area contributed by atoms with E-state index in [9.17, 15) is 9.59 Å². The molecule has 1 aliphatic rings. The molecule has 19 heavy (non-hydrogen) atoms. The summed E-state index contributed by atoms with van der Waals surface area (Å²) in [4.78, 5) is 22.1. The molecule has 1 amide bonds. The Morgan fingerprint density at radius 1 is 1.47 bits per heavy atom. The minimum Gasteiger partial charge on any atom is -0.480 e. The van der Waals surface area contributed by atoms with Gasteiger partial charge in [0.1, 0.15) is 6.04 Å². The molecule has 0 aromatic heterocycles. The van der Waals surface area contributed by atoms with Gasteiger partial charge >= 0.3 is 5.97 Å². The van der Waals surface area contributed by atoms with Crippen LogP contribution in [0.2, 0.25) is 5.02 Å². The Morgan fingerprint density at radius 3 is 2.63 bits per heavy atom. The van der Waals surface area contributed by atoms with Crippen LogP contribution in [0, 0.1) is 5.92 Å². The van der Waals surface area contributed by atoms with Gasteiger partial charge in [-0.1, -0.05) is 17.7 Å². The fraction of sp³-hybridized carbons (Fsp3) is 0.385. The smallest absolute Gasteiger partial charge is 0.320 e. The first-order valence-corrected chi connectivity index (χ1v) is 6.41. The van der Waals surface area contributed by atoms with Crippen molar-refractivity contribution in [3.8, 4) is 0 Å². The second kappa shape index (κ2) is 5.59. The molecule has 0 aliphatic heterocycles. The zero-order valence-corrected chi connectivity index (χ0v) is 11.0. The molecule has 1 aromatic rings. The van der Waals surface area contributed by atoms with Crippen LogP contribution >= 0.6 is 11.6 Å². The molecule has 5 nitrogen and oxygen atoms in total. The number of carboxylic acid groups (broad SMARTS) is 1. The van der Waals surface area contributed by atoms with E-state index in [0.717, 1.165) is 18.4 Å². The van der Waals surface area contributed by atoms with Gasteiger partial charge in [-0.25, -0.2) is 0 Å². The Balaban J connectivity index is 2.02. The number of hydrogen-bond donors (Lipinski definition) is 3. The molecule has 0 bridgehead atoms. The summed E-state index contributed by atoms with van der Waals surface area (Å²) in [5.41, 5.74) is 6.24. The van der Waals surface area contributed by atoms with Crippen LogP contribution in [0.15, 0.2) is 18.2 Å². The number of carbonyl (C=O) groups excluding carboxylic acids is 1. The highest BCUT2D eigenvalue weighted by atomic mass is 35.5. The molecular formula is C13H15ClN2O3. The summed E-state index contributed by atoms with van der Waals surface area (Å²) in [7, 11) is 0. The number of rotatable bonds is 6. The van der Waals surface area contributed by atoms with Crippen molar-refractivity contribution in [2.75, 3.05) is 0 Å². The molecule has 1 saturated carbocycles. The molecule has 0 spiro atoms. The third kappa shape index (κ3) is 3.45. The predicted molar refractivity (Wildman–Crippen MR) is 71.0 cm³/mol. The van der Waals surface area contributed by atoms with E-state index in [0.29, 0.717) is 17.1 Å². The minimum atomic E-state index is -0.840. The zero-order chi connectivity index (χ0) is 14.0. The molecular weight excluding hydrogens is 268 g/mol. The molecule has 0 radical (unpaired) electrons. The first-order chi connectivity index (χ1) is 8.99. The summed E-state index contributed by atoms with van der Waals surface area (Å²) in [6, 6.07) is 4.22. The van der Waals surface area contributed by atoms with Crippen molar-refractivity contribution < 1.29 is 14.7 Å².